The van der Waals surface area contributed by atoms with Gasteiger partial charge in [0, 0.05) is 0 Å². The monoisotopic (exact) mass is 424 g/mol. The van der Waals surface area contributed by atoms with Crippen LogP contribution in [-0.4, -0.2) is 16.2 Å². The van der Waals surface area contributed by atoms with Crippen LogP contribution in [0.4, 0.5) is 0 Å². The fraction of sp³-hybridized carbons (Fsp3) is 0.414. The summed E-state index contributed by atoms with van der Waals surface area (Å²) >= 11 is 0. The molecule has 162 valence electrons. The molecule has 0 saturated heterocycles. The molecule has 1 spiro atoms. The maximum atomic E-state index is 11.3. The van der Waals surface area contributed by atoms with Gasteiger partial charge in [0.2, 0.25) is 0 Å². The normalized spacial score (nSPS) is 34.0. The van der Waals surface area contributed by atoms with E-state index >= 15 is 0 Å². The molecule has 0 heterocycles. The lowest BCUT2D eigenvalue weighted by Gasteiger charge is -2.49. The maximum absolute atomic E-state index is 11.3. The van der Waals surface area contributed by atoms with Crippen LogP contribution >= 0.6 is 0 Å². The molecule has 0 amide bonds. The van der Waals surface area contributed by atoms with Gasteiger partial charge in [-0.3, -0.25) is 0 Å². The maximum Gasteiger partial charge on any atom is 0.335 e. The second kappa shape index (κ2) is 6.23. The SMILES string of the molecule is O=C(O)c1ccc2cc(-c3ccc(CO)c(C45CC6CC7CC(C4)C7(C6)C5)c3)ccc2c1. The van der Waals surface area contributed by atoms with Gasteiger partial charge in [0.15, 0.2) is 0 Å². The quantitative estimate of drug-likeness (QED) is 0.527. The van der Waals surface area contributed by atoms with E-state index in [2.05, 4.69) is 30.3 Å². The van der Waals surface area contributed by atoms with Crippen LogP contribution in [0.3, 0.4) is 0 Å². The summed E-state index contributed by atoms with van der Waals surface area (Å²) in [5.41, 5.74) is 6.05. The standard InChI is InChI=1S/C29H28O3/c30-15-23-6-4-21(19-1-2-20-9-22(27(31)32)5-3-18(20)8-19)10-26(23)28-12-17-7-24-11-25(14-28)29(24,13-17)16-28/h1-6,8-10,17,24-25,30H,7,11-16H2,(H,31,32). The molecule has 3 aromatic rings. The summed E-state index contributed by atoms with van der Waals surface area (Å²) in [5.74, 6) is 1.85. The van der Waals surface area contributed by atoms with Gasteiger partial charge in [-0.2, -0.15) is 0 Å². The van der Waals surface area contributed by atoms with Crippen molar-refractivity contribution >= 4 is 16.7 Å². The molecule has 7 rings (SSSR count). The summed E-state index contributed by atoms with van der Waals surface area (Å²) in [7, 11) is 0. The Morgan fingerprint density at radius 2 is 1.66 bits per heavy atom. The molecule has 3 heteroatoms. The van der Waals surface area contributed by atoms with Gasteiger partial charge < -0.3 is 10.2 Å². The van der Waals surface area contributed by atoms with Crippen molar-refractivity contribution in [3.05, 3.63) is 71.3 Å². The van der Waals surface area contributed by atoms with Gasteiger partial charge in [0.25, 0.3) is 0 Å². The lowest BCUT2D eigenvalue weighted by Crippen LogP contribution is -2.42. The molecule has 4 saturated carbocycles. The predicted molar refractivity (Wildman–Crippen MR) is 125 cm³/mol. The molecule has 3 aromatic carbocycles. The molecule has 3 nitrogen and oxygen atoms in total. The van der Waals surface area contributed by atoms with Gasteiger partial charge in [-0.05, 0) is 118 Å². The number of benzene rings is 3. The van der Waals surface area contributed by atoms with E-state index < -0.39 is 5.97 Å². The lowest BCUT2D eigenvalue weighted by molar-refractivity contribution is -0.000192. The third-order valence-electron chi connectivity index (χ3n) is 9.74. The molecule has 4 fully saturated rings. The second-order valence-electron chi connectivity index (χ2n) is 11.1. The summed E-state index contributed by atoms with van der Waals surface area (Å²) < 4.78 is 0. The van der Waals surface area contributed by atoms with Crippen LogP contribution in [0.5, 0.6) is 0 Å². The predicted octanol–water partition coefficient (Wildman–Crippen LogP) is 6.17. The van der Waals surface area contributed by atoms with E-state index in [1.54, 1.807) is 12.1 Å². The van der Waals surface area contributed by atoms with Crippen LogP contribution in [0, 0.1) is 23.2 Å². The zero-order chi connectivity index (χ0) is 21.7. The number of rotatable bonds is 4. The Morgan fingerprint density at radius 3 is 2.50 bits per heavy atom. The van der Waals surface area contributed by atoms with Crippen molar-refractivity contribution in [1.29, 1.82) is 0 Å². The van der Waals surface area contributed by atoms with Crippen molar-refractivity contribution in [2.75, 3.05) is 0 Å². The van der Waals surface area contributed by atoms with Crippen molar-refractivity contribution in [2.45, 2.75) is 50.5 Å². The van der Waals surface area contributed by atoms with Gasteiger partial charge in [0.05, 0.1) is 12.2 Å². The Balaban J connectivity index is 1.32. The number of hydrogen-bond donors (Lipinski definition) is 2. The number of hydrogen-bond acceptors (Lipinski definition) is 2. The summed E-state index contributed by atoms with van der Waals surface area (Å²) in [5, 5.41) is 21.5. The zero-order valence-corrected chi connectivity index (χ0v) is 18.2. The summed E-state index contributed by atoms with van der Waals surface area (Å²) in [6.45, 7) is 0.110. The second-order valence-corrected chi connectivity index (χ2v) is 11.1. The average Bonchev–Trinajstić information content (AvgIpc) is 3.13. The van der Waals surface area contributed by atoms with Gasteiger partial charge >= 0.3 is 5.97 Å². The van der Waals surface area contributed by atoms with Crippen molar-refractivity contribution in [3.63, 3.8) is 0 Å². The summed E-state index contributed by atoms with van der Waals surface area (Å²) in [4.78, 5) is 11.3. The van der Waals surface area contributed by atoms with E-state index in [1.807, 2.05) is 12.1 Å². The van der Waals surface area contributed by atoms with Crippen LogP contribution in [-0.2, 0) is 12.0 Å². The Morgan fingerprint density at radius 1 is 0.875 bits per heavy atom. The Hall–Kier alpha value is -2.65. The highest BCUT2D eigenvalue weighted by Crippen LogP contribution is 2.79. The minimum atomic E-state index is -0.895. The van der Waals surface area contributed by atoms with Crippen LogP contribution in [0.25, 0.3) is 21.9 Å². The average molecular weight is 425 g/mol. The molecule has 4 aliphatic carbocycles. The lowest BCUT2D eigenvalue weighted by atomic mass is 9.55. The van der Waals surface area contributed by atoms with E-state index in [-0.39, 0.29) is 12.0 Å². The Bertz CT molecular complexity index is 1290. The largest absolute Gasteiger partial charge is 0.478 e. The number of aliphatic hydroxyl groups excluding tert-OH is 1. The summed E-state index contributed by atoms with van der Waals surface area (Å²) in [6, 6.07) is 18.3. The van der Waals surface area contributed by atoms with Gasteiger partial charge in [-0.1, -0.05) is 36.4 Å². The van der Waals surface area contributed by atoms with Crippen molar-refractivity contribution in [1.82, 2.24) is 0 Å². The molecule has 32 heavy (non-hydrogen) atoms. The molecule has 0 radical (unpaired) electrons. The van der Waals surface area contributed by atoms with Crippen LogP contribution in [0.1, 0.15) is 60.0 Å². The first-order chi connectivity index (χ1) is 15.5. The number of fused-ring (bicyclic) bond motifs is 3. The fourth-order valence-corrected chi connectivity index (χ4v) is 8.62. The van der Waals surface area contributed by atoms with Crippen molar-refractivity contribution in [2.24, 2.45) is 23.2 Å². The van der Waals surface area contributed by atoms with E-state index in [9.17, 15) is 15.0 Å². The molecule has 5 atom stereocenters. The molecular weight excluding hydrogens is 396 g/mol. The number of aliphatic hydroxyl groups is 1. The van der Waals surface area contributed by atoms with Gasteiger partial charge in [-0.25, -0.2) is 4.79 Å². The molecule has 0 aromatic heterocycles. The number of carboxylic acids is 1. The van der Waals surface area contributed by atoms with Crippen molar-refractivity contribution < 1.29 is 15.0 Å². The fourth-order valence-electron chi connectivity index (χ4n) is 8.62. The van der Waals surface area contributed by atoms with Gasteiger partial charge in [0.1, 0.15) is 0 Å². The van der Waals surface area contributed by atoms with Crippen LogP contribution < -0.4 is 0 Å². The smallest absolute Gasteiger partial charge is 0.335 e. The summed E-state index contributed by atoms with van der Waals surface area (Å²) in [6.07, 6.45) is 8.28. The minimum absolute atomic E-state index is 0.110. The van der Waals surface area contributed by atoms with Crippen LogP contribution in [0.15, 0.2) is 54.6 Å². The van der Waals surface area contributed by atoms with Crippen LogP contribution in [0.2, 0.25) is 0 Å². The number of carbonyl (C=O) groups is 1. The van der Waals surface area contributed by atoms with Gasteiger partial charge in [-0.15, -0.1) is 0 Å². The highest BCUT2D eigenvalue weighted by atomic mass is 16.4. The first-order valence-electron chi connectivity index (χ1n) is 12.0. The zero-order valence-electron chi connectivity index (χ0n) is 18.2. The number of carboxylic acid groups (broad SMARTS) is 1. The highest BCUT2D eigenvalue weighted by Gasteiger charge is 2.71. The molecule has 5 unspecified atom stereocenters. The first kappa shape index (κ1) is 18.9. The molecule has 2 N–H and O–H groups in total. The highest BCUT2D eigenvalue weighted by molar-refractivity contribution is 5.95. The first-order valence-corrected chi connectivity index (χ1v) is 12.0. The van der Waals surface area contributed by atoms with E-state index in [4.69, 9.17) is 0 Å². The van der Waals surface area contributed by atoms with E-state index in [1.165, 1.54) is 49.7 Å². The van der Waals surface area contributed by atoms with E-state index in [0.29, 0.717) is 11.0 Å². The van der Waals surface area contributed by atoms with E-state index in [0.717, 1.165) is 39.7 Å². The Kier molecular flexibility index (Phi) is 3.67. The third-order valence-corrected chi connectivity index (χ3v) is 9.74. The molecule has 0 aliphatic heterocycles. The van der Waals surface area contributed by atoms with Crippen molar-refractivity contribution in [3.8, 4) is 11.1 Å². The molecular formula is C29H28O3. The number of aromatic carboxylic acids is 1. The Labute approximate surface area is 188 Å². The topological polar surface area (TPSA) is 57.5 Å². The minimum Gasteiger partial charge on any atom is -0.478 e. The third kappa shape index (κ3) is 2.38. The molecule has 4 aliphatic rings. The molecule has 3 bridgehead atoms.